The highest BCUT2D eigenvalue weighted by Gasteiger charge is 2.46. The van der Waals surface area contributed by atoms with Crippen molar-refractivity contribution in [1.29, 1.82) is 0 Å². The smallest absolute Gasteiger partial charge is 0.0559 e. The minimum absolute atomic E-state index is 0.288. The number of hydrogen-bond donors (Lipinski definition) is 0. The van der Waals surface area contributed by atoms with Crippen molar-refractivity contribution in [3.8, 4) is 0 Å². The van der Waals surface area contributed by atoms with Crippen LogP contribution >= 0.6 is 23.4 Å². The van der Waals surface area contributed by atoms with E-state index in [0.717, 1.165) is 5.02 Å². The molecule has 1 saturated heterocycles. The highest BCUT2D eigenvalue weighted by molar-refractivity contribution is 8.01. The van der Waals surface area contributed by atoms with Gasteiger partial charge in [-0.2, -0.15) is 0 Å². The summed E-state index contributed by atoms with van der Waals surface area (Å²) < 4.78 is 0.288. The molecule has 3 heteroatoms. The number of rotatable bonds is 1. The topological polar surface area (TPSA) is 3.24 Å². The van der Waals surface area contributed by atoms with Gasteiger partial charge in [0.25, 0.3) is 0 Å². The zero-order valence-electron chi connectivity index (χ0n) is 12.8. The molecule has 114 valence electrons. The Morgan fingerprint density at radius 2 is 1.86 bits per heavy atom. The van der Waals surface area contributed by atoms with Gasteiger partial charge in [0.2, 0.25) is 0 Å². The molecule has 1 atom stereocenters. The number of likely N-dealkylation sites (tertiary alicyclic amines) is 1. The molecule has 0 radical (unpaired) electrons. The fourth-order valence-electron chi connectivity index (χ4n) is 3.78. The molecule has 1 fully saturated rings. The average molecular weight is 330 g/mol. The summed E-state index contributed by atoms with van der Waals surface area (Å²) >= 11 is 8.37. The molecule has 2 aliphatic rings. The van der Waals surface area contributed by atoms with Gasteiger partial charge >= 0.3 is 0 Å². The fourth-order valence-corrected chi connectivity index (χ4v) is 5.77. The number of hydrogen-bond acceptors (Lipinski definition) is 2. The van der Waals surface area contributed by atoms with Crippen LogP contribution in [0.25, 0.3) is 0 Å². The second kappa shape index (κ2) is 5.59. The van der Waals surface area contributed by atoms with Crippen molar-refractivity contribution in [2.45, 2.75) is 22.8 Å². The molecule has 0 N–H and O–H groups in total. The van der Waals surface area contributed by atoms with E-state index in [-0.39, 0.29) is 4.75 Å². The summed E-state index contributed by atoms with van der Waals surface area (Å²) in [7, 11) is 2.23. The van der Waals surface area contributed by atoms with Crippen LogP contribution in [-0.2, 0) is 4.75 Å². The maximum atomic E-state index is 6.23. The van der Waals surface area contributed by atoms with Gasteiger partial charge in [-0.05, 0) is 61.8 Å². The minimum Gasteiger partial charge on any atom is -0.306 e. The summed E-state index contributed by atoms with van der Waals surface area (Å²) in [5, 5.41) is 1.25. The van der Waals surface area contributed by atoms with Crippen LogP contribution in [0.15, 0.2) is 48.5 Å². The molecule has 4 rings (SSSR count). The Balaban J connectivity index is 1.77. The monoisotopic (exact) mass is 329 g/mol. The molecule has 0 aromatic heterocycles. The van der Waals surface area contributed by atoms with Gasteiger partial charge in [-0.15, -0.1) is 11.8 Å². The molecular weight excluding hydrogens is 310 g/mol. The zero-order chi connectivity index (χ0) is 15.2. The Labute approximate surface area is 141 Å². The first kappa shape index (κ1) is 14.6. The van der Waals surface area contributed by atoms with Crippen LogP contribution in [0.5, 0.6) is 0 Å². The summed E-state index contributed by atoms with van der Waals surface area (Å²) in [6.07, 6.45) is 2.48. The van der Waals surface area contributed by atoms with Crippen molar-refractivity contribution in [2.75, 3.05) is 20.1 Å². The van der Waals surface area contributed by atoms with Gasteiger partial charge < -0.3 is 4.90 Å². The van der Waals surface area contributed by atoms with Gasteiger partial charge in [0.05, 0.1) is 5.25 Å². The van der Waals surface area contributed by atoms with Crippen LogP contribution in [-0.4, -0.2) is 25.0 Å². The van der Waals surface area contributed by atoms with Gasteiger partial charge in [0.1, 0.15) is 0 Å². The highest BCUT2D eigenvalue weighted by atomic mass is 35.5. The Hall–Kier alpha value is -0.960. The second-order valence-corrected chi connectivity index (χ2v) is 8.36. The molecule has 1 nitrogen and oxygen atoms in total. The average Bonchev–Trinajstić information content (AvgIpc) is 2.86. The molecule has 2 aliphatic heterocycles. The van der Waals surface area contributed by atoms with Gasteiger partial charge in [-0.25, -0.2) is 0 Å². The van der Waals surface area contributed by atoms with E-state index in [1.165, 1.54) is 37.1 Å². The molecule has 1 spiro atoms. The van der Waals surface area contributed by atoms with E-state index < -0.39 is 0 Å². The summed E-state index contributed by atoms with van der Waals surface area (Å²) in [5.41, 5.74) is 4.37. The first-order valence-corrected chi connectivity index (χ1v) is 9.15. The number of fused-ring (bicyclic) bond motifs is 2. The van der Waals surface area contributed by atoms with Gasteiger partial charge in [0, 0.05) is 9.77 Å². The normalized spacial score (nSPS) is 23.6. The van der Waals surface area contributed by atoms with E-state index in [0.29, 0.717) is 5.25 Å². The molecule has 2 aromatic carbocycles. The van der Waals surface area contributed by atoms with E-state index in [1.807, 2.05) is 6.07 Å². The molecule has 2 heterocycles. The van der Waals surface area contributed by atoms with Crippen molar-refractivity contribution in [3.05, 3.63) is 70.2 Å². The summed E-state index contributed by atoms with van der Waals surface area (Å²) in [6, 6.07) is 17.4. The summed E-state index contributed by atoms with van der Waals surface area (Å²) in [5.74, 6) is 0. The number of benzene rings is 2. The lowest BCUT2D eigenvalue weighted by Gasteiger charge is -2.38. The highest BCUT2D eigenvalue weighted by Crippen LogP contribution is 2.61. The van der Waals surface area contributed by atoms with E-state index in [2.05, 4.69) is 66.2 Å². The van der Waals surface area contributed by atoms with E-state index >= 15 is 0 Å². The van der Waals surface area contributed by atoms with Crippen LogP contribution in [0.4, 0.5) is 0 Å². The number of halogens is 1. The minimum atomic E-state index is 0.288. The number of piperidine rings is 1. The largest absolute Gasteiger partial charge is 0.306 e. The quantitative estimate of drug-likeness (QED) is 0.716. The lowest BCUT2D eigenvalue weighted by atomic mass is 9.84. The van der Waals surface area contributed by atoms with Crippen molar-refractivity contribution >= 4 is 23.4 Å². The first-order chi connectivity index (χ1) is 10.7. The predicted octanol–water partition coefficient (Wildman–Crippen LogP) is 5.10. The maximum absolute atomic E-state index is 6.23. The van der Waals surface area contributed by atoms with Crippen LogP contribution in [0, 0.1) is 0 Å². The van der Waals surface area contributed by atoms with Crippen LogP contribution in [0.3, 0.4) is 0 Å². The van der Waals surface area contributed by atoms with Crippen molar-refractivity contribution in [2.24, 2.45) is 0 Å². The first-order valence-electron chi connectivity index (χ1n) is 7.89. The maximum Gasteiger partial charge on any atom is 0.0559 e. The third-order valence-electron chi connectivity index (χ3n) is 5.02. The predicted molar refractivity (Wildman–Crippen MR) is 95.7 cm³/mol. The van der Waals surface area contributed by atoms with E-state index in [1.54, 1.807) is 5.56 Å². The molecule has 22 heavy (non-hydrogen) atoms. The Morgan fingerprint density at radius 3 is 2.64 bits per heavy atom. The molecule has 1 unspecified atom stereocenters. The van der Waals surface area contributed by atoms with Gasteiger partial charge in [0.15, 0.2) is 0 Å². The molecule has 0 amide bonds. The van der Waals surface area contributed by atoms with Crippen molar-refractivity contribution in [1.82, 2.24) is 4.90 Å². The zero-order valence-corrected chi connectivity index (χ0v) is 14.3. The molecule has 0 aliphatic carbocycles. The third kappa shape index (κ3) is 2.38. The Kier molecular flexibility index (Phi) is 3.72. The van der Waals surface area contributed by atoms with E-state index in [9.17, 15) is 0 Å². The van der Waals surface area contributed by atoms with Crippen LogP contribution in [0.1, 0.15) is 34.8 Å². The van der Waals surface area contributed by atoms with Crippen molar-refractivity contribution < 1.29 is 0 Å². The van der Waals surface area contributed by atoms with Crippen LogP contribution in [0.2, 0.25) is 5.02 Å². The summed E-state index contributed by atoms with van der Waals surface area (Å²) in [4.78, 5) is 2.45. The molecule has 0 bridgehead atoms. The standard InChI is InChI=1S/C19H20ClNS/c1-21-11-9-19(10-12-21)17-8-3-2-7-16(17)18(22-19)14-5-4-6-15(20)13-14/h2-8,13,18H,9-12H2,1H3. The fraction of sp³-hybridized carbons (Fsp3) is 0.368. The number of thioether (sulfide) groups is 1. The van der Waals surface area contributed by atoms with Crippen molar-refractivity contribution in [3.63, 3.8) is 0 Å². The van der Waals surface area contributed by atoms with Gasteiger partial charge in [-0.3, -0.25) is 0 Å². The molecule has 2 aromatic rings. The lowest BCUT2D eigenvalue weighted by Crippen LogP contribution is -2.37. The third-order valence-corrected chi connectivity index (χ3v) is 7.10. The van der Waals surface area contributed by atoms with Crippen LogP contribution < -0.4 is 0 Å². The van der Waals surface area contributed by atoms with E-state index in [4.69, 9.17) is 11.6 Å². The molecule has 0 saturated carbocycles. The summed E-state index contributed by atoms with van der Waals surface area (Å²) in [6.45, 7) is 2.37. The second-order valence-electron chi connectivity index (χ2n) is 6.44. The Morgan fingerprint density at radius 1 is 1.09 bits per heavy atom. The Bertz CT molecular complexity index is 691. The van der Waals surface area contributed by atoms with Gasteiger partial charge in [-0.1, -0.05) is 48.0 Å². The number of nitrogens with zero attached hydrogens (tertiary/aromatic N) is 1. The molecular formula is C19H20ClNS. The SMILES string of the molecule is CN1CCC2(CC1)SC(c1cccc(Cl)c1)c1ccccc12. The lowest BCUT2D eigenvalue weighted by molar-refractivity contribution is 0.241.